The van der Waals surface area contributed by atoms with Crippen molar-refractivity contribution >= 4 is 11.8 Å². The summed E-state index contributed by atoms with van der Waals surface area (Å²) in [7, 11) is 1.74. The number of hydrogen-bond acceptors (Lipinski definition) is 3. The first kappa shape index (κ1) is 17.2. The molecule has 0 spiro atoms. The molecule has 0 saturated heterocycles. The number of thioether (sulfide) groups is 1. The van der Waals surface area contributed by atoms with Crippen molar-refractivity contribution in [2.45, 2.75) is 26.3 Å². The van der Waals surface area contributed by atoms with E-state index in [9.17, 15) is 13.2 Å². The van der Waals surface area contributed by atoms with Gasteiger partial charge in [-0.1, -0.05) is 32.0 Å². The largest absolute Gasteiger partial charge is 0.573 e. The number of hydrogen-bond donors (Lipinski definition) is 1. The van der Waals surface area contributed by atoms with E-state index in [4.69, 9.17) is 0 Å². The minimum atomic E-state index is -4.67. The van der Waals surface area contributed by atoms with Crippen molar-refractivity contribution in [2.24, 2.45) is 5.92 Å². The maximum atomic E-state index is 12.4. The number of halogens is 3. The Morgan fingerprint density at radius 1 is 1.20 bits per heavy atom. The highest BCUT2D eigenvalue weighted by molar-refractivity contribution is 7.99. The van der Waals surface area contributed by atoms with Gasteiger partial charge in [0.05, 0.1) is 0 Å². The van der Waals surface area contributed by atoms with Crippen LogP contribution < -0.4 is 10.1 Å². The van der Waals surface area contributed by atoms with E-state index >= 15 is 0 Å². The molecule has 1 aromatic carbocycles. The van der Waals surface area contributed by atoms with E-state index in [0.29, 0.717) is 17.2 Å². The van der Waals surface area contributed by atoms with E-state index in [1.54, 1.807) is 37.0 Å². The Morgan fingerprint density at radius 2 is 1.85 bits per heavy atom. The van der Waals surface area contributed by atoms with Gasteiger partial charge < -0.3 is 10.1 Å². The molecule has 0 aliphatic rings. The van der Waals surface area contributed by atoms with Crippen LogP contribution in [0.4, 0.5) is 13.2 Å². The molecule has 0 amide bonds. The highest BCUT2D eigenvalue weighted by Crippen LogP contribution is 2.31. The Balaban J connectivity index is 2.80. The summed E-state index contributed by atoms with van der Waals surface area (Å²) < 4.78 is 41.3. The van der Waals surface area contributed by atoms with Crippen molar-refractivity contribution in [1.82, 2.24) is 5.32 Å². The smallest absolute Gasteiger partial charge is 0.405 e. The number of nitrogens with one attached hydrogen (secondary N) is 1. The summed E-state index contributed by atoms with van der Waals surface area (Å²) in [5, 5.41) is 3.05. The second-order valence-electron chi connectivity index (χ2n) is 4.86. The van der Waals surface area contributed by atoms with E-state index in [0.717, 1.165) is 5.75 Å². The molecule has 114 valence electrons. The van der Waals surface area contributed by atoms with Gasteiger partial charge in [-0.15, -0.1) is 13.2 Å². The Hall–Kier alpha value is -0.880. The maximum absolute atomic E-state index is 12.4. The zero-order chi connectivity index (χ0) is 15.2. The van der Waals surface area contributed by atoms with Gasteiger partial charge in [0, 0.05) is 17.4 Å². The normalized spacial score (nSPS) is 13.6. The minimum Gasteiger partial charge on any atom is -0.405 e. The molecule has 0 radical (unpaired) electrons. The second kappa shape index (κ2) is 7.78. The molecule has 0 bridgehead atoms. The van der Waals surface area contributed by atoms with Crippen LogP contribution in [0, 0.1) is 5.92 Å². The summed E-state index contributed by atoms with van der Waals surface area (Å²) in [6, 6.07) is 6.10. The lowest BCUT2D eigenvalue weighted by Crippen LogP contribution is -2.23. The lowest BCUT2D eigenvalue weighted by molar-refractivity contribution is -0.275. The number of alkyl halides is 3. The standard InChI is InChI=1S/C14H20F3NOS/c1-10(2)8-20-9-12(18-3)11-6-4-5-7-13(11)19-14(15,16)17/h4-7,10,12,18H,8-9H2,1-3H3. The zero-order valence-corrected chi connectivity index (χ0v) is 12.6. The average molecular weight is 307 g/mol. The fraction of sp³-hybridized carbons (Fsp3) is 0.571. The van der Waals surface area contributed by atoms with Gasteiger partial charge in [0.2, 0.25) is 0 Å². The molecule has 0 fully saturated rings. The minimum absolute atomic E-state index is 0.135. The lowest BCUT2D eigenvalue weighted by Gasteiger charge is -2.20. The molecule has 6 heteroatoms. The molecule has 1 atom stereocenters. The second-order valence-corrected chi connectivity index (χ2v) is 5.93. The quantitative estimate of drug-likeness (QED) is 0.814. The van der Waals surface area contributed by atoms with Crippen LogP contribution >= 0.6 is 11.8 Å². The third-order valence-corrected chi connectivity index (χ3v) is 4.08. The summed E-state index contributed by atoms with van der Waals surface area (Å²) in [5.74, 6) is 2.09. The first-order chi connectivity index (χ1) is 9.33. The molecule has 1 aromatic rings. The van der Waals surface area contributed by atoms with Crippen LogP contribution in [0.25, 0.3) is 0 Å². The van der Waals surface area contributed by atoms with Gasteiger partial charge >= 0.3 is 6.36 Å². The molecular formula is C14H20F3NOS. The van der Waals surface area contributed by atoms with Crippen LogP contribution in [0.2, 0.25) is 0 Å². The van der Waals surface area contributed by atoms with Crippen molar-refractivity contribution in [3.63, 3.8) is 0 Å². The molecule has 0 aromatic heterocycles. The van der Waals surface area contributed by atoms with Crippen molar-refractivity contribution in [3.8, 4) is 5.75 Å². The summed E-state index contributed by atoms with van der Waals surface area (Å²) in [5.41, 5.74) is 0.531. The zero-order valence-electron chi connectivity index (χ0n) is 11.8. The van der Waals surface area contributed by atoms with Crippen molar-refractivity contribution < 1.29 is 17.9 Å². The first-order valence-electron chi connectivity index (χ1n) is 6.43. The Bertz CT molecular complexity index is 410. The van der Waals surface area contributed by atoms with Crippen molar-refractivity contribution in [1.29, 1.82) is 0 Å². The fourth-order valence-corrected chi connectivity index (χ4v) is 2.93. The monoisotopic (exact) mass is 307 g/mol. The van der Waals surface area contributed by atoms with Gasteiger partial charge in [-0.05, 0) is 24.8 Å². The predicted octanol–water partition coefficient (Wildman–Crippen LogP) is 4.23. The SMILES string of the molecule is CNC(CSCC(C)C)c1ccccc1OC(F)(F)F. The van der Waals surface area contributed by atoms with Gasteiger partial charge in [-0.2, -0.15) is 11.8 Å². The van der Waals surface area contributed by atoms with E-state index in [2.05, 4.69) is 23.9 Å². The van der Waals surface area contributed by atoms with Crippen LogP contribution in [0.15, 0.2) is 24.3 Å². The highest BCUT2D eigenvalue weighted by atomic mass is 32.2. The van der Waals surface area contributed by atoms with Gasteiger partial charge in [0.15, 0.2) is 0 Å². The van der Waals surface area contributed by atoms with E-state index in [1.807, 2.05) is 0 Å². The van der Waals surface area contributed by atoms with E-state index in [1.165, 1.54) is 6.07 Å². The average Bonchev–Trinajstić information content (AvgIpc) is 2.33. The van der Waals surface area contributed by atoms with E-state index < -0.39 is 6.36 Å². The van der Waals surface area contributed by atoms with Crippen LogP contribution in [0.1, 0.15) is 25.5 Å². The first-order valence-corrected chi connectivity index (χ1v) is 7.58. The topological polar surface area (TPSA) is 21.3 Å². The van der Waals surface area contributed by atoms with Gasteiger partial charge in [0.25, 0.3) is 0 Å². The molecule has 1 rings (SSSR count). The molecule has 20 heavy (non-hydrogen) atoms. The summed E-state index contributed by atoms with van der Waals surface area (Å²) >= 11 is 1.72. The number of ether oxygens (including phenoxy) is 1. The molecule has 1 N–H and O–H groups in total. The molecule has 0 aliphatic carbocycles. The Kier molecular flexibility index (Phi) is 6.68. The Morgan fingerprint density at radius 3 is 2.40 bits per heavy atom. The van der Waals surface area contributed by atoms with E-state index in [-0.39, 0.29) is 11.8 Å². The third-order valence-electron chi connectivity index (χ3n) is 2.60. The summed E-state index contributed by atoms with van der Waals surface area (Å²) in [6.07, 6.45) is -4.67. The number of benzene rings is 1. The Labute approximate surface area is 122 Å². The van der Waals surface area contributed by atoms with Crippen LogP contribution in [0.3, 0.4) is 0 Å². The lowest BCUT2D eigenvalue weighted by atomic mass is 10.1. The van der Waals surface area contributed by atoms with Crippen LogP contribution in [-0.4, -0.2) is 24.9 Å². The fourth-order valence-electron chi connectivity index (χ4n) is 1.74. The van der Waals surface area contributed by atoms with Gasteiger partial charge in [-0.3, -0.25) is 0 Å². The van der Waals surface area contributed by atoms with Crippen molar-refractivity contribution in [2.75, 3.05) is 18.6 Å². The summed E-state index contributed by atoms with van der Waals surface area (Å²) in [4.78, 5) is 0. The van der Waals surface area contributed by atoms with Crippen molar-refractivity contribution in [3.05, 3.63) is 29.8 Å². The van der Waals surface area contributed by atoms with Crippen LogP contribution in [-0.2, 0) is 0 Å². The number of para-hydroxylation sites is 1. The molecule has 2 nitrogen and oxygen atoms in total. The molecule has 0 aliphatic heterocycles. The van der Waals surface area contributed by atoms with Crippen LogP contribution in [0.5, 0.6) is 5.75 Å². The maximum Gasteiger partial charge on any atom is 0.573 e. The van der Waals surface area contributed by atoms with Gasteiger partial charge in [-0.25, -0.2) is 0 Å². The summed E-state index contributed by atoms with van der Waals surface area (Å²) in [6.45, 7) is 4.23. The predicted molar refractivity (Wildman–Crippen MR) is 77.1 cm³/mol. The third kappa shape index (κ3) is 6.05. The number of rotatable bonds is 7. The molecule has 1 unspecified atom stereocenters. The molecule has 0 heterocycles. The van der Waals surface area contributed by atoms with Gasteiger partial charge in [0.1, 0.15) is 5.75 Å². The highest BCUT2D eigenvalue weighted by Gasteiger charge is 2.32. The molecule has 0 saturated carbocycles. The molecular weight excluding hydrogens is 287 g/mol.